The fourth-order valence-electron chi connectivity index (χ4n) is 2.05. The van der Waals surface area contributed by atoms with Crippen LogP contribution in [0.5, 0.6) is 0 Å². The Labute approximate surface area is 111 Å². The second kappa shape index (κ2) is 5.09. The number of nitro groups is 1. The zero-order chi connectivity index (χ0) is 14.0. The summed E-state index contributed by atoms with van der Waals surface area (Å²) in [5, 5.41) is 18.2. The first kappa shape index (κ1) is 13.1. The van der Waals surface area contributed by atoms with E-state index in [1.807, 2.05) is 27.1 Å². The normalized spacial score (nSPS) is 12.2. The summed E-state index contributed by atoms with van der Waals surface area (Å²) in [5.74, 6) is 0. The van der Waals surface area contributed by atoms with Gasteiger partial charge in [-0.1, -0.05) is 0 Å². The van der Waals surface area contributed by atoms with Gasteiger partial charge in [0.1, 0.15) is 0 Å². The Kier molecular flexibility index (Phi) is 3.50. The van der Waals surface area contributed by atoms with Crippen LogP contribution in [0.25, 0.3) is 0 Å². The van der Waals surface area contributed by atoms with E-state index in [2.05, 4.69) is 10.4 Å². The van der Waals surface area contributed by atoms with Gasteiger partial charge in [0.2, 0.25) is 0 Å². The van der Waals surface area contributed by atoms with Crippen molar-refractivity contribution in [1.82, 2.24) is 9.78 Å². The summed E-state index contributed by atoms with van der Waals surface area (Å²) in [6.07, 6.45) is 1.97. The molecule has 100 valence electrons. The maximum atomic E-state index is 10.6. The van der Waals surface area contributed by atoms with Gasteiger partial charge in [-0.25, -0.2) is 0 Å². The minimum atomic E-state index is -0.404. The van der Waals surface area contributed by atoms with Crippen molar-refractivity contribution in [2.75, 3.05) is 5.32 Å². The molecule has 1 atom stereocenters. The Morgan fingerprint density at radius 3 is 2.47 bits per heavy atom. The Bertz CT molecular complexity index is 589. The second-order valence-corrected chi connectivity index (χ2v) is 4.51. The summed E-state index contributed by atoms with van der Waals surface area (Å²) in [5.41, 5.74) is 3.03. The van der Waals surface area contributed by atoms with Crippen LogP contribution in [0, 0.1) is 17.0 Å². The van der Waals surface area contributed by atoms with Gasteiger partial charge in [0.25, 0.3) is 5.69 Å². The van der Waals surface area contributed by atoms with E-state index < -0.39 is 4.92 Å². The number of nitrogens with zero attached hydrogens (tertiary/aromatic N) is 3. The summed E-state index contributed by atoms with van der Waals surface area (Å²) in [4.78, 5) is 10.2. The van der Waals surface area contributed by atoms with Crippen LogP contribution in [0.1, 0.15) is 24.2 Å². The van der Waals surface area contributed by atoms with Gasteiger partial charge in [-0.05, 0) is 26.0 Å². The van der Waals surface area contributed by atoms with E-state index in [9.17, 15) is 10.1 Å². The average Bonchev–Trinajstić information content (AvgIpc) is 2.69. The number of rotatable bonds is 4. The molecular weight excluding hydrogens is 244 g/mol. The Morgan fingerprint density at radius 1 is 1.37 bits per heavy atom. The molecule has 0 aliphatic carbocycles. The van der Waals surface area contributed by atoms with Crippen LogP contribution in [0.15, 0.2) is 30.5 Å². The van der Waals surface area contributed by atoms with Crippen LogP contribution in [0.3, 0.4) is 0 Å². The van der Waals surface area contributed by atoms with Crippen LogP contribution in [0.2, 0.25) is 0 Å². The first-order valence-corrected chi connectivity index (χ1v) is 5.98. The number of nitrogens with one attached hydrogen (secondary N) is 1. The Balaban J connectivity index is 2.12. The lowest BCUT2D eigenvalue weighted by atomic mass is 10.1. The first-order chi connectivity index (χ1) is 8.97. The molecule has 0 bridgehead atoms. The van der Waals surface area contributed by atoms with Gasteiger partial charge in [-0.2, -0.15) is 5.10 Å². The third-order valence-electron chi connectivity index (χ3n) is 2.98. The van der Waals surface area contributed by atoms with E-state index in [1.165, 1.54) is 12.1 Å². The molecule has 1 heterocycles. The number of benzene rings is 1. The second-order valence-electron chi connectivity index (χ2n) is 4.51. The number of non-ortho nitro benzene ring substituents is 1. The van der Waals surface area contributed by atoms with Crippen molar-refractivity contribution in [3.8, 4) is 0 Å². The molecule has 2 rings (SSSR count). The van der Waals surface area contributed by atoms with Crippen LogP contribution >= 0.6 is 0 Å². The van der Waals surface area contributed by atoms with Crippen molar-refractivity contribution < 1.29 is 4.92 Å². The highest BCUT2D eigenvalue weighted by atomic mass is 16.6. The van der Waals surface area contributed by atoms with Crippen molar-refractivity contribution in [2.24, 2.45) is 7.05 Å². The van der Waals surface area contributed by atoms with Crippen LogP contribution in [-0.4, -0.2) is 14.7 Å². The van der Waals surface area contributed by atoms with E-state index in [1.54, 1.807) is 16.8 Å². The number of anilines is 1. The highest BCUT2D eigenvalue weighted by molar-refractivity contribution is 5.50. The van der Waals surface area contributed by atoms with Gasteiger partial charge >= 0.3 is 0 Å². The number of aryl methyl sites for hydroxylation is 2. The summed E-state index contributed by atoms with van der Waals surface area (Å²) >= 11 is 0. The summed E-state index contributed by atoms with van der Waals surface area (Å²) in [7, 11) is 1.88. The minimum absolute atomic E-state index is 0.0927. The van der Waals surface area contributed by atoms with Gasteiger partial charge in [0.05, 0.1) is 16.7 Å². The van der Waals surface area contributed by atoms with Crippen molar-refractivity contribution in [3.63, 3.8) is 0 Å². The molecule has 1 N–H and O–H groups in total. The smallest absolute Gasteiger partial charge is 0.269 e. The molecule has 1 aromatic carbocycles. The topological polar surface area (TPSA) is 73.0 Å². The van der Waals surface area contributed by atoms with Crippen molar-refractivity contribution in [1.29, 1.82) is 0 Å². The molecular formula is C13H16N4O2. The van der Waals surface area contributed by atoms with Crippen LogP contribution in [0.4, 0.5) is 11.4 Å². The van der Waals surface area contributed by atoms with Gasteiger partial charge in [0.15, 0.2) is 0 Å². The van der Waals surface area contributed by atoms with Crippen LogP contribution < -0.4 is 5.32 Å². The maximum absolute atomic E-state index is 10.6. The monoisotopic (exact) mass is 260 g/mol. The van der Waals surface area contributed by atoms with E-state index in [4.69, 9.17) is 0 Å². The Morgan fingerprint density at radius 2 is 2.00 bits per heavy atom. The molecule has 6 heteroatoms. The number of aromatic nitrogens is 2. The molecule has 19 heavy (non-hydrogen) atoms. The van der Waals surface area contributed by atoms with Crippen molar-refractivity contribution >= 4 is 11.4 Å². The predicted octanol–water partition coefficient (Wildman–Crippen LogP) is 2.81. The standard InChI is InChI=1S/C13H16N4O2/c1-9(13-8-16(3)15-10(13)2)14-11-4-6-12(7-5-11)17(18)19/h4-9,14H,1-3H3. The Hall–Kier alpha value is -2.37. The van der Waals surface area contributed by atoms with Crippen LogP contribution in [-0.2, 0) is 7.05 Å². The molecule has 0 spiro atoms. The molecule has 2 aromatic rings. The highest BCUT2D eigenvalue weighted by Crippen LogP contribution is 2.22. The number of nitro benzene ring substituents is 1. The van der Waals surface area contributed by atoms with E-state index in [0.29, 0.717) is 0 Å². The lowest BCUT2D eigenvalue weighted by Gasteiger charge is -2.14. The third kappa shape index (κ3) is 2.90. The molecule has 6 nitrogen and oxygen atoms in total. The quantitative estimate of drug-likeness (QED) is 0.677. The molecule has 0 fully saturated rings. The molecule has 0 saturated carbocycles. The molecule has 1 unspecified atom stereocenters. The summed E-state index contributed by atoms with van der Waals surface area (Å²) in [6.45, 7) is 3.99. The fraction of sp³-hybridized carbons (Fsp3) is 0.308. The minimum Gasteiger partial charge on any atom is -0.378 e. The van der Waals surface area contributed by atoms with Gasteiger partial charge in [-0.3, -0.25) is 14.8 Å². The SMILES string of the molecule is Cc1nn(C)cc1C(C)Nc1ccc([N+](=O)[O-])cc1. The summed E-state index contributed by atoms with van der Waals surface area (Å²) in [6, 6.07) is 6.49. The summed E-state index contributed by atoms with van der Waals surface area (Å²) < 4.78 is 1.78. The highest BCUT2D eigenvalue weighted by Gasteiger charge is 2.12. The molecule has 0 aliphatic rings. The first-order valence-electron chi connectivity index (χ1n) is 5.98. The molecule has 0 aliphatic heterocycles. The lowest BCUT2D eigenvalue weighted by Crippen LogP contribution is -2.07. The average molecular weight is 260 g/mol. The molecule has 1 aromatic heterocycles. The molecule has 0 amide bonds. The van der Waals surface area contributed by atoms with E-state index in [0.717, 1.165) is 16.9 Å². The van der Waals surface area contributed by atoms with Gasteiger partial charge < -0.3 is 5.32 Å². The molecule has 0 saturated heterocycles. The van der Waals surface area contributed by atoms with Crippen molar-refractivity contribution in [2.45, 2.75) is 19.9 Å². The third-order valence-corrected chi connectivity index (χ3v) is 2.98. The maximum Gasteiger partial charge on any atom is 0.269 e. The largest absolute Gasteiger partial charge is 0.378 e. The van der Waals surface area contributed by atoms with E-state index in [-0.39, 0.29) is 11.7 Å². The number of hydrogen-bond donors (Lipinski definition) is 1. The predicted molar refractivity (Wildman–Crippen MR) is 73.1 cm³/mol. The number of hydrogen-bond acceptors (Lipinski definition) is 4. The zero-order valence-electron chi connectivity index (χ0n) is 11.1. The van der Waals surface area contributed by atoms with E-state index >= 15 is 0 Å². The fourth-order valence-corrected chi connectivity index (χ4v) is 2.05. The lowest BCUT2D eigenvalue weighted by molar-refractivity contribution is -0.384. The van der Waals surface area contributed by atoms with Gasteiger partial charge in [0, 0.05) is 36.6 Å². The van der Waals surface area contributed by atoms with Gasteiger partial charge in [-0.15, -0.1) is 0 Å². The molecule has 0 radical (unpaired) electrons. The zero-order valence-corrected chi connectivity index (χ0v) is 11.1. The van der Waals surface area contributed by atoms with Crippen molar-refractivity contribution in [3.05, 3.63) is 51.8 Å².